The predicted molar refractivity (Wildman–Crippen MR) is 95.7 cm³/mol. The summed E-state index contributed by atoms with van der Waals surface area (Å²) in [6.07, 6.45) is 0.0404. The Bertz CT molecular complexity index is 880. The largest absolute Gasteiger partial charge is 0.489 e. The van der Waals surface area contributed by atoms with Crippen LogP contribution in [-0.2, 0) is 0 Å². The van der Waals surface area contributed by atoms with Gasteiger partial charge in [-0.25, -0.2) is 0 Å². The van der Waals surface area contributed by atoms with E-state index in [9.17, 15) is 0 Å². The predicted octanol–water partition coefficient (Wildman–Crippen LogP) is 3.22. The van der Waals surface area contributed by atoms with Gasteiger partial charge < -0.3 is 15.0 Å². The Labute approximate surface area is 146 Å². The van der Waals surface area contributed by atoms with Crippen molar-refractivity contribution in [3.63, 3.8) is 0 Å². The SMILES string of the molecule is [B]c1cc(N)ccc1-c1nc(-c2ccc(OC(C)C)c(Cl)c2)no1. The molecule has 0 amide bonds. The molecule has 0 aliphatic carbocycles. The first-order valence-corrected chi connectivity index (χ1v) is 7.77. The van der Waals surface area contributed by atoms with E-state index in [1.807, 2.05) is 19.9 Å². The highest BCUT2D eigenvalue weighted by atomic mass is 35.5. The molecular formula is C17H15BClN3O2. The number of nitrogens with zero attached hydrogens (tertiary/aromatic N) is 2. The Morgan fingerprint density at radius 3 is 2.67 bits per heavy atom. The van der Waals surface area contributed by atoms with Gasteiger partial charge in [-0.3, -0.25) is 0 Å². The quantitative estimate of drug-likeness (QED) is 0.583. The van der Waals surface area contributed by atoms with Gasteiger partial charge in [0.15, 0.2) is 0 Å². The standard InChI is InChI=1S/C17H15BClN3O2/c1-9(2)23-15-6-3-10(7-14(15)19)16-21-17(24-22-16)12-5-4-11(20)8-13(12)18/h3-9H,20H2,1-2H3. The second kappa shape index (κ2) is 6.57. The van der Waals surface area contributed by atoms with Crippen LogP contribution in [0, 0.1) is 0 Å². The fraction of sp³-hybridized carbons (Fsp3) is 0.176. The number of ether oxygens (including phenoxy) is 1. The molecule has 5 nitrogen and oxygen atoms in total. The minimum atomic E-state index is 0.0404. The Hall–Kier alpha value is -2.47. The molecule has 0 aliphatic rings. The van der Waals surface area contributed by atoms with Crippen LogP contribution in [0.2, 0.25) is 5.02 Å². The molecule has 0 aliphatic heterocycles. The number of hydrogen-bond acceptors (Lipinski definition) is 5. The topological polar surface area (TPSA) is 74.2 Å². The van der Waals surface area contributed by atoms with Crippen LogP contribution in [0.5, 0.6) is 5.75 Å². The molecule has 1 heterocycles. The van der Waals surface area contributed by atoms with Crippen LogP contribution in [0.1, 0.15) is 13.8 Å². The van der Waals surface area contributed by atoms with E-state index < -0.39 is 0 Å². The van der Waals surface area contributed by atoms with Gasteiger partial charge in [-0.1, -0.05) is 22.2 Å². The second-order valence-electron chi connectivity index (χ2n) is 5.58. The van der Waals surface area contributed by atoms with Crippen molar-refractivity contribution in [3.05, 3.63) is 41.4 Å². The lowest BCUT2D eigenvalue weighted by atomic mass is 9.90. The van der Waals surface area contributed by atoms with E-state index in [1.165, 1.54) is 0 Å². The third-order valence-corrected chi connectivity index (χ3v) is 3.58. The van der Waals surface area contributed by atoms with Crippen molar-refractivity contribution in [2.45, 2.75) is 20.0 Å². The molecular weight excluding hydrogens is 324 g/mol. The van der Waals surface area contributed by atoms with Gasteiger partial charge in [0.1, 0.15) is 13.6 Å². The Morgan fingerprint density at radius 1 is 1.21 bits per heavy atom. The maximum Gasteiger partial charge on any atom is 0.257 e. The summed E-state index contributed by atoms with van der Waals surface area (Å²) in [4.78, 5) is 4.37. The molecule has 1 aromatic heterocycles. The van der Waals surface area contributed by atoms with Crippen molar-refractivity contribution in [2.24, 2.45) is 0 Å². The van der Waals surface area contributed by atoms with E-state index in [1.54, 1.807) is 30.3 Å². The van der Waals surface area contributed by atoms with Crippen molar-refractivity contribution in [3.8, 4) is 28.6 Å². The first-order chi connectivity index (χ1) is 11.4. The lowest BCUT2D eigenvalue weighted by Crippen LogP contribution is -2.07. The number of nitrogens with two attached hydrogens (primary N) is 1. The molecule has 0 saturated heterocycles. The molecule has 24 heavy (non-hydrogen) atoms. The zero-order valence-electron chi connectivity index (χ0n) is 13.3. The summed E-state index contributed by atoms with van der Waals surface area (Å²) in [5, 5.41) is 4.47. The highest BCUT2D eigenvalue weighted by Gasteiger charge is 2.14. The lowest BCUT2D eigenvalue weighted by Gasteiger charge is -2.11. The van der Waals surface area contributed by atoms with Gasteiger partial charge >= 0.3 is 0 Å². The van der Waals surface area contributed by atoms with Gasteiger partial charge in [-0.2, -0.15) is 4.98 Å². The highest BCUT2D eigenvalue weighted by molar-refractivity contribution is 6.36. The van der Waals surface area contributed by atoms with Crippen LogP contribution in [0.25, 0.3) is 22.8 Å². The molecule has 3 rings (SSSR count). The van der Waals surface area contributed by atoms with Gasteiger partial charge in [0, 0.05) is 16.8 Å². The van der Waals surface area contributed by atoms with E-state index in [0.29, 0.717) is 39.2 Å². The van der Waals surface area contributed by atoms with Crippen LogP contribution >= 0.6 is 11.6 Å². The van der Waals surface area contributed by atoms with Crippen LogP contribution < -0.4 is 15.9 Å². The maximum atomic E-state index is 6.24. The molecule has 3 aromatic rings. The monoisotopic (exact) mass is 339 g/mol. The summed E-state index contributed by atoms with van der Waals surface area (Å²) >= 11 is 6.24. The van der Waals surface area contributed by atoms with E-state index >= 15 is 0 Å². The minimum absolute atomic E-state index is 0.0404. The van der Waals surface area contributed by atoms with Gasteiger partial charge in [-0.15, -0.1) is 0 Å². The molecule has 2 aromatic carbocycles. The summed E-state index contributed by atoms with van der Waals surface area (Å²) in [6, 6.07) is 10.5. The van der Waals surface area contributed by atoms with E-state index in [0.717, 1.165) is 5.56 Å². The molecule has 7 heteroatoms. The maximum absolute atomic E-state index is 6.24. The normalized spacial score (nSPS) is 11.0. The molecule has 0 bridgehead atoms. The molecule has 0 saturated carbocycles. The number of benzene rings is 2. The summed E-state index contributed by atoms with van der Waals surface area (Å²) < 4.78 is 10.9. The number of aromatic nitrogens is 2. The van der Waals surface area contributed by atoms with E-state index in [2.05, 4.69) is 10.1 Å². The number of rotatable bonds is 4. The zero-order chi connectivity index (χ0) is 17.3. The number of halogens is 1. The zero-order valence-corrected chi connectivity index (χ0v) is 14.0. The molecule has 0 atom stereocenters. The Morgan fingerprint density at radius 2 is 2.00 bits per heavy atom. The van der Waals surface area contributed by atoms with Crippen molar-refractivity contribution in [1.82, 2.24) is 10.1 Å². The van der Waals surface area contributed by atoms with Crippen molar-refractivity contribution in [2.75, 3.05) is 5.73 Å². The summed E-state index contributed by atoms with van der Waals surface area (Å²) in [5.41, 5.74) is 8.10. The van der Waals surface area contributed by atoms with Gasteiger partial charge in [0.2, 0.25) is 5.82 Å². The number of nitrogen functional groups attached to an aromatic ring is 1. The fourth-order valence-electron chi connectivity index (χ4n) is 2.22. The first kappa shape index (κ1) is 16.4. The van der Waals surface area contributed by atoms with Gasteiger partial charge in [0.05, 0.1) is 11.1 Å². The van der Waals surface area contributed by atoms with Crippen LogP contribution in [0.15, 0.2) is 40.9 Å². The van der Waals surface area contributed by atoms with Crippen molar-refractivity contribution < 1.29 is 9.26 Å². The molecule has 120 valence electrons. The fourth-order valence-corrected chi connectivity index (χ4v) is 2.44. The third kappa shape index (κ3) is 3.38. The first-order valence-electron chi connectivity index (χ1n) is 7.39. The Kier molecular flexibility index (Phi) is 4.49. The highest BCUT2D eigenvalue weighted by Crippen LogP contribution is 2.30. The van der Waals surface area contributed by atoms with E-state index in [4.69, 9.17) is 34.4 Å². The summed E-state index contributed by atoms with van der Waals surface area (Å²) in [6.45, 7) is 3.87. The summed E-state index contributed by atoms with van der Waals surface area (Å²) in [7, 11) is 5.95. The van der Waals surface area contributed by atoms with Gasteiger partial charge in [-0.05, 0) is 50.2 Å². The van der Waals surface area contributed by atoms with Crippen LogP contribution in [-0.4, -0.2) is 24.1 Å². The molecule has 0 spiro atoms. The van der Waals surface area contributed by atoms with Crippen LogP contribution in [0.4, 0.5) is 5.69 Å². The minimum Gasteiger partial charge on any atom is -0.489 e. The third-order valence-electron chi connectivity index (χ3n) is 3.28. The summed E-state index contributed by atoms with van der Waals surface area (Å²) in [5.74, 6) is 1.35. The van der Waals surface area contributed by atoms with Crippen LogP contribution in [0.3, 0.4) is 0 Å². The number of hydrogen-bond donors (Lipinski definition) is 1. The average molecular weight is 340 g/mol. The molecule has 0 fully saturated rings. The lowest BCUT2D eigenvalue weighted by molar-refractivity contribution is 0.242. The second-order valence-corrected chi connectivity index (χ2v) is 5.99. The van der Waals surface area contributed by atoms with Crippen molar-refractivity contribution >= 4 is 30.6 Å². The van der Waals surface area contributed by atoms with E-state index in [-0.39, 0.29) is 6.10 Å². The average Bonchev–Trinajstić information content (AvgIpc) is 2.98. The smallest absolute Gasteiger partial charge is 0.257 e. The Balaban J connectivity index is 1.92. The molecule has 2 radical (unpaired) electrons. The molecule has 0 unspecified atom stereocenters. The van der Waals surface area contributed by atoms with Crippen molar-refractivity contribution in [1.29, 1.82) is 0 Å². The van der Waals surface area contributed by atoms with Gasteiger partial charge in [0.25, 0.3) is 5.89 Å². The number of anilines is 1. The molecule has 2 N–H and O–H groups in total.